The number of rotatable bonds is 9. The van der Waals surface area contributed by atoms with Gasteiger partial charge in [-0.2, -0.15) is 0 Å². The quantitative estimate of drug-likeness (QED) is 0.404. The van der Waals surface area contributed by atoms with Gasteiger partial charge < -0.3 is 14.2 Å². The Kier molecular flexibility index (Phi) is 8.55. The van der Waals surface area contributed by atoms with Crippen LogP contribution in [0.2, 0.25) is 0 Å². The molecule has 0 rings (SSSR count). The zero-order chi connectivity index (χ0) is 9.94. The summed E-state index contributed by atoms with van der Waals surface area (Å²) in [4.78, 5) is 0. The Hall–Kier alpha value is -0.900. The second-order valence-corrected chi connectivity index (χ2v) is 2.15. The first kappa shape index (κ1) is 12.1. The van der Waals surface area contributed by atoms with Crippen LogP contribution < -0.4 is 0 Å². The van der Waals surface area contributed by atoms with Gasteiger partial charge in [0.2, 0.25) is 0 Å². The highest BCUT2D eigenvalue weighted by atomic mass is 16.8. The molecule has 0 fully saturated rings. The van der Waals surface area contributed by atoms with Crippen molar-refractivity contribution in [2.45, 2.75) is 6.48 Å². The van der Waals surface area contributed by atoms with Gasteiger partial charge in [0, 0.05) is 0 Å². The van der Waals surface area contributed by atoms with E-state index in [-0.39, 0.29) is 0 Å². The van der Waals surface area contributed by atoms with Crippen molar-refractivity contribution in [2.75, 3.05) is 19.8 Å². The molecule has 0 amide bonds. The van der Waals surface area contributed by atoms with Crippen LogP contribution in [0.3, 0.4) is 0 Å². The van der Waals surface area contributed by atoms with Gasteiger partial charge in [-0.1, -0.05) is 18.2 Å². The summed E-state index contributed by atoms with van der Waals surface area (Å²) in [6.45, 7) is 11.0. The Morgan fingerprint density at radius 1 is 0.769 bits per heavy atom. The molecule has 0 aromatic rings. The van der Waals surface area contributed by atoms with E-state index >= 15 is 0 Å². The Morgan fingerprint density at radius 2 is 1.08 bits per heavy atom. The highest BCUT2D eigenvalue weighted by Gasteiger charge is 2.06. The molecule has 0 aliphatic rings. The maximum atomic E-state index is 5.14. The maximum absolute atomic E-state index is 5.14. The third-order valence-corrected chi connectivity index (χ3v) is 1.05. The standard InChI is InChI=1S/C10H16O3/c1-4-7-11-10(12-8-5-2)13-9-6-3/h4-6,10H,1-3,7-9H2. The van der Waals surface area contributed by atoms with Crippen LogP contribution in [0.1, 0.15) is 0 Å². The Bertz CT molecular complexity index is 126. The highest BCUT2D eigenvalue weighted by Crippen LogP contribution is 1.98. The summed E-state index contributed by atoms with van der Waals surface area (Å²) >= 11 is 0. The molecule has 0 aliphatic carbocycles. The lowest BCUT2D eigenvalue weighted by Crippen LogP contribution is -2.21. The summed E-state index contributed by atoms with van der Waals surface area (Å²) < 4.78 is 15.4. The molecule has 0 aliphatic heterocycles. The largest absolute Gasteiger partial charge is 0.326 e. The maximum Gasteiger partial charge on any atom is 0.272 e. The van der Waals surface area contributed by atoms with Crippen LogP contribution in [-0.4, -0.2) is 26.3 Å². The van der Waals surface area contributed by atoms with E-state index in [0.29, 0.717) is 19.8 Å². The van der Waals surface area contributed by atoms with Crippen molar-refractivity contribution in [3.8, 4) is 0 Å². The zero-order valence-corrected chi connectivity index (χ0v) is 7.78. The van der Waals surface area contributed by atoms with Crippen LogP contribution >= 0.6 is 0 Å². The molecule has 0 radical (unpaired) electrons. The summed E-state index contributed by atoms with van der Waals surface area (Å²) in [5.41, 5.74) is 0. The van der Waals surface area contributed by atoms with Crippen molar-refractivity contribution < 1.29 is 14.2 Å². The molecule has 0 bridgehead atoms. The minimum Gasteiger partial charge on any atom is -0.326 e. The van der Waals surface area contributed by atoms with E-state index in [2.05, 4.69) is 19.7 Å². The van der Waals surface area contributed by atoms with Gasteiger partial charge in [-0.15, -0.1) is 19.7 Å². The van der Waals surface area contributed by atoms with Gasteiger partial charge in [0.15, 0.2) is 0 Å². The molecular formula is C10H16O3. The fraction of sp³-hybridized carbons (Fsp3) is 0.400. The lowest BCUT2D eigenvalue weighted by atomic mass is 10.7. The smallest absolute Gasteiger partial charge is 0.272 e. The summed E-state index contributed by atoms with van der Waals surface area (Å²) in [7, 11) is 0. The fourth-order valence-corrected chi connectivity index (χ4v) is 0.584. The Morgan fingerprint density at radius 3 is 1.31 bits per heavy atom. The van der Waals surface area contributed by atoms with Gasteiger partial charge >= 0.3 is 0 Å². The molecule has 0 N–H and O–H groups in total. The first-order valence-electron chi connectivity index (χ1n) is 4.02. The van der Waals surface area contributed by atoms with Gasteiger partial charge in [-0.05, 0) is 0 Å². The molecule has 0 saturated carbocycles. The molecule has 3 nitrogen and oxygen atoms in total. The number of hydrogen-bond donors (Lipinski definition) is 0. The van der Waals surface area contributed by atoms with Gasteiger partial charge in [0.05, 0.1) is 19.8 Å². The first-order chi connectivity index (χ1) is 6.35. The predicted octanol–water partition coefficient (Wildman–Crippen LogP) is 1.88. The van der Waals surface area contributed by atoms with Crippen LogP contribution in [0.15, 0.2) is 38.0 Å². The number of hydrogen-bond acceptors (Lipinski definition) is 3. The van der Waals surface area contributed by atoms with E-state index in [1.54, 1.807) is 18.2 Å². The van der Waals surface area contributed by atoms with Crippen molar-refractivity contribution in [1.29, 1.82) is 0 Å². The third kappa shape index (κ3) is 7.46. The lowest BCUT2D eigenvalue weighted by molar-refractivity contribution is -0.275. The SMILES string of the molecule is C=CCOC(OCC=C)OCC=C. The average Bonchev–Trinajstić information content (AvgIpc) is 2.17. The van der Waals surface area contributed by atoms with Crippen LogP contribution in [0.4, 0.5) is 0 Å². The van der Waals surface area contributed by atoms with Gasteiger partial charge in [-0.3, -0.25) is 0 Å². The minimum absolute atomic E-state index is 0.388. The molecule has 0 saturated heterocycles. The van der Waals surface area contributed by atoms with Crippen LogP contribution in [0.25, 0.3) is 0 Å². The van der Waals surface area contributed by atoms with Crippen LogP contribution in [0.5, 0.6) is 0 Å². The summed E-state index contributed by atoms with van der Waals surface area (Å²) in [5.74, 6) is 0. The molecule has 13 heavy (non-hydrogen) atoms. The van der Waals surface area contributed by atoms with Crippen molar-refractivity contribution >= 4 is 0 Å². The molecule has 0 atom stereocenters. The van der Waals surface area contributed by atoms with E-state index in [4.69, 9.17) is 14.2 Å². The normalized spacial score (nSPS) is 9.92. The molecular weight excluding hydrogens is 168 g/mol. The average molecular weight is 184 g/mol. The van der Waals surface area contributed by atoms with E-state index in [9.17, 15) is 0 Å². The fourth-order valence-electron chi connectivity index (χ4n) is 0.584. The second-order valence-electron chi connectivity index (χ2n) is 2.15. The first-order valence-corrected chi connectivity index (χ1v) is 4.02. The molecule has 0 spiro atoms. The van der Waals surface area contributed by atoms with E-state index < -0.39 is 6.48 Å². The lowest BCUT2D eigenvalue weighted by Gasteiger charge is -2.15. The van der Waals surface area contributed by atoms with Crippen molar-refractivity contribution in [1.82, 2.24) is 0 Å². The molecule has 0 unspecified atom stereocenters. The van der Waals surface area contributed by atoms with E-state index in [0.717, 1.165) is 0 Å². The second kappa shape index (κ2) is 9.19. The molecule has 0 heterocycles. The highest BCUT2D eigenvalue weighted by molar-refractivity contribution is 4.67. The number of ether oxygens (including phenoxy) is 3. The topological polar surface area (TPSA) is 27.7 Å². The van der Waals surface area contributed by atoms with E-state index in [1.165, 1.54) is 0 Å². The molecule has 3 heteroatoms. The third-order valence-electron chi connectivity index (χ3n) is 1.05. The van der Waals surface area contributed by atoms with Gasteiger partial charge in [0.1, 0.15) is 0 Å². The summed E-state index contributed by atoms with van der Waals surface area (Å²) in [6.07, 6.45) is 4.88. The van der Waals surface area contributed by atoms with Crippen LogP contribution in [0, 0.1) is 0 Å². The van der Waals surface area contributed by atoms with Gasteiger partial charge in [0.25, 0.3) is 6.48 Å². The molecule has 0 aromatic heterocycles. The van der Waals surface area contributed by atoms with Crippen molar-refractivity contribution in [3.05, 3.63) is 38.0 Å². The van der Waals surface area contributed by atoms with Crippen molar-refractivity contribution in [2.24, 2.45) is 0 Å². The minimum atomic E-state index is -0.672. The van der Waals surface area contributed by atoms with Crippen LogP contribution in [-0.2, 0) is 14.2 Å². The van der Waals surface area contributed by atoms with E-state index in [1.807, 2.05) is 0 Å². The molecule has 74 valence electrons. The molecule has 0 aromatic carbocycles. The van der Waals surface area contributed by atoms with Crippen molar-refractivity contribution in [3.63, 3.8) is 0 Å². The van der Waals surface area contributed by atoms with Gasteiger partial charge in [-0.25, -0.2) is 0 Å². The monoisotopic (exact) mass is 184 g/mol. The predicted molar refractivity (Wildman–Crippen MR) is 52.2 cm³/mol. The summed E-state index contributed by atoms with van der Waals surface area (Å²) in [5, 5.41) is 0. The Labute approximate surface area is 79.3 Å². The zero-order valence-electron chi connectivity index (χ0n) is 7.78. The summed E-state index contributed by atoms with van der Waals surface area (Å²) in [6, 6.07) is 0. The Balaban J connectivity index is 3.64.